The van der Waals surface area contributed by atoms with Crippen molar-refractivity contribution in [3.8, 4) is 5.75 Å². The first kappa shape index (κ1) is 14.6. The lowest BCUT2D eigenvalue weighted by Gasteiger charge is -2.24. The number of rotatable bonds is 7. The number of aromatic nitrogens is 1. The third-order valence-electron chi connectivity index (χ3n) is 3.40. The minimum atomic E-state index is 0.131. The zero-order chi connectivity index (χ0) is 14.4. The van der Waals surface area contributed by atoms with Crippen LogP contribution in [0.25, 0.3) is 10.8 Å². The second-order valence-electron chi connectivity index (χ2n) is 4.79. The van der Waals surface area contributed by atoms with Gasteiger partial charge in [0, 0.05) is 24.7 Å². The largest absolute Gasteiger partial charge is 0.497 e. The minimum absolute atomic E-state index is 0.131. The molecule has 0 bridgehead atoms. The summed E-state index contributed by atoms with van der Waals surface area (Å²) in [5.41, 5.74) is 0. The Labute approximate surface area is 120 Å². The van der Waals surface area contributed by atoms with Crippen molar-refractivity contribution in [2.75, 3.05) is 31.7 Å². The zero-order valence-corrected chi connectivity index (χ0v) is 12.2. The molecule has 0 amide bonds. The maximum atomic E-state index is 9.28. The summed E-state index contributed by atoms with van der Waals surface area (Å²) in [7, 11) is 1.67. The van der Waals surface area contributed by atoms with Gasteiger partial charge < -0.3 is 14.7 Å². The lowest BCUT2D eigenvalue weighted by Crippen LogP contribution is -2.28. The van der Waals surface area contributed by atoms with Gasteiger partial charge in [-0.2, -0.15) is 0 Å². The fraction of sp³-hybridized carbons (Fsp3) is 0.438. The summed E-state index contributed by atoms with van der Waals surface area (Å²) in [4.78, 5) is 6.66. The summed E-state index contributed by atoms with van der Waals surface area (Å²) in [6, 6.07) is 7.99. The van der Waals surface area contributed by atoms with Crippen LogP contribution in [0, 0.1) is 0 Å². The number of benzene rings is 1. The fourth-order valence-corrected chi connectivity index (χ4v) is 2.30. The van der Waals surface area contributed by atoms with Gasteiger partial charge in [-0.3, -0.25) is 0 Å². The van der Waals surface area contributed by atoms with E-state index in [0.717, 1.165) is 41.7 Å². The van der Waals surface area contributed by atoms with E-state index in [0.29, 0.717) is 6.54 Å². The molecule has 0 aliphatic rings. The molecule has 0 unspecified atom stereocenters. The number of fused-ring (bicyclic) bond motifs is 1. The van der Waals surface area contributed by atoms with E-state index in [9.17, 15) is 5.11 Å². The summed E-state index contributed by atoms with van der Waals surface area (Å²) in [5.74, 6) is 1.75. The molecule has 4 nitrogen and oxygen atoms in total. The van der Waals surface area contributed by atoms with Crippen LogP contribution in [0.2, 0.25) is 0 Å². The van der Waals surface area contributed by atoms with E-state index in [1.54, 1.807) is 7.11 Å². The predicted octanol–water partition coefficient (Wildman–Crippen LogP) is 2.84. The van der Waals surface area contributed by atoms with E-state index >= 15 is 0 Å². The van der Waals surface area contributed by atoms with Gasteiger partial charge in [0.1, 0.15) is 11.6 Å². The monoisotopic (exact) mass is 274 g/mol. The smallest absolute Gasteiger partial charge is 0.136 e. The van der Waals surface area contributed by atoms with Gasteiger partial charge in [-0.25, -0.2) is 4.98 Å². The molecule has 0 aliphatic heterocycles. The SMILES string of the molecule is CCCCN(CCO)c1nccc2ccc(OC)cc12. The number of hydrogen-bond donors (Lipinski definition) is 1. The van der Waals surface area contributed by atoms with Crippen molar-refractivity contribution in [2.45, 2.75) is 19.8 Å². The Morgan fingerprint density at radius 1 is 1.25 bits per heavy atom. The molecular weight excluding hydrogens is 252 g/mol. The topological polar surface area (TPSA) is 45.6 Å². The van der Waals surface area contributed by atoms with Crippen LogP contribution in [0.5, 0.6) is 5.75 Å². The number of hydrogen-bond acceptors (Lipinski definition) is 4. The average Bonchev–Trinajstić information content (AvgIpc) is 2.50. The molecule has 2 aromatic rings. The molecular formula is C16H22N2O2. The van der Waals surface area contributed by atoms with E-state index < -0.39 is 0 Å². The lowest BCUT2D eigenvalue weighted by atomic mass is 10.1. The van der Waals surface area contributed by atoms with Crippen LogP contribution in [0.1, 0.15) is 19.8 Å². The Bertz CT molecular complexity index is 557. The molecule has 0 radical (unpaired) electrons. The molecule has 0 saturated heterocycles. The van der Waals surface area contributed by atoms with Crippen LogP contribution in [0.15, 0.2) is 30.5 Å². The van der Waals surface area contributed by atoms with Gasteiger partial charge in [0.05, 0.1) is 13.7 Å². The van der Waals surface area contributed by atoms with Gasteiger partial charge in [-0.1, -0.05) is 19.4 Å². The van der Waals surface area contributed by atoms with Crippen LogP contribution in [0.3, 0.4) is 0 Å². The predicted molar refractivity (Wildman–Crippen MR) is 82.5 cm³/mol. The summed E-state index contributed by atoms with van der Waals surface area (Å²) in [6.45, 7) is 3.80. The number of aliphatic hydroxyl groups excluding tert-OH is 1. The highest BCUT2D eigenvalue weighted by atomic mass is 16.5. The molecule has 0 saturated carbocycles. The Kier molecular flexibility index (Phi) is 5.18. The third-order valence-corrected chi connectivity index (χ3v) is 3.40. The van der Waals surface area contributed by atoms with Crippen molar-refractivity contribution < 1.29 is 9.84 Å². The van der Waals surface area contributed by atoms with E-state index in [2.05, 4.69) is 16.8 Å². The molecule has 2 rings (SSSR count). The Hall–Kier alpha value is -1.81. The van der Waals surface area contributed by atoms with E-state index in [4.69, 9.17) is 4.74 Å². The highest BCUT2D eigenvalue weighted by molar-refractivity contribution is 5.93. The average molecular weight is 274 g/mol. The van der Waals surface area contributed by atoms with Crippen LogP contribution in [-0.2, 0) is 0 Å². The molecule has 0 aliphatic carbocycles. The standard InChI is InChI=1S/C16H22N2O2/c1-3-4-9-18(10-11-19)16-15-12-14(20-2)6-5-13(15)7-8-17-16/h5-8,12,19H,3-4,9-11H2,1-2H3. The van der Waals surface area contributed by atoms with Crippen molar-refractivity contribution >= 4 is 16.6 Å². The molecule has 0 atom stereocenters. The van der Waals surface area contributed by atoms with Gasteiger partial charge in [0.15, 0.2) is 0 Å². The van der Waals surface area contributed by atoms with Gasteiger partial charge in [-0.15, -0.1) is 0 Å². The van der Waals surface area contributed by atoms with E-state index in [1.807, 2.05) is 30.5 Å². The van der Waals surface area contributed by atoms with E-state index in [1.165, 1.54) is 0 Å². The van der Waals surface area contributed by atoms with Crippen molar-refractivity contribution in [3.05, 3.63) is 30.5 Å². The number of methoxy groups -OCH3 is 1. The Morgan fingerprint density at radius 2 is 2.10 bits per heavy atom. The number of anilines is 1. The molecule has 4 heteroatoms. The first-order valence-electron chi connectivity index (χ1n) is 7.08. The van der Waals surface area contributed by atoms with Crippen molar-refractivity contribution in [2.24, 2.45) is 0 Å². The zero-order valence-electron chi connectivity index (χ0n) is 12.2. The van der Waals surface area contributed by atoms with Crippen molar-refractivity contribution in [1.82, 2.24) is 4.98 Å². The molecule has 108 valence electrons. The first-order valence-corrected chi connectivity index (χ1v) is 7.08. The molecule has 0 fully saturated rings. The molecule has 1 heterocycles. The Morgan fingerprint density at radius 3 is 2.80 bits per heavy atom. The molecule has 1 aromatic heterocycles. The van der Waals surface area contributed by atoms with Crippen LogP contribution in [-0.4, -0.2) is 36.9 Å². The van der Waals surface area contributed by atoms with Gasteiger partial charge in [-0.05, 0) is 30.0 Å². The third kappa shape index (κ3) is 3.20. The lowest BCUT2D eigenvalue weighted by molar-refractivity contribution is 0.301. The Balaban J connectivity index is 2.43. The highest BCUT2D eigenvalue weighted by Crippen LogP contribution is 2.28. The van der Waals surface area contributed by atoms with Gasteiger partial charge in [0.25, 0.3) is 0 Å². The quantitative estimate of drug-likeness (QED) is 0.843. The first-order chi connectivity index (χ1) is 9.80. The van der Waals surface area contributed by atoms with Crippen molar-refractivity contribution in [1.29, 1.82) is 0 Å². The van der Waals surface area contributed by atoms with Crippen LogP contribution >= 0.6 is 0 Å². The number of ether oxygens (including phenoxy) is 1. The number of aliphatic hydroxyl groups is 1. The van der Waals surface area contributed by atoms with Crippen molar-refractivity contribution in [3.63, 3.8) is 0 Å². The summed E-state index contributed by atoms with van der Waals surface area (Å²) in [6.07, 6.45) is 4.03. The molecule has 0 spiro atoms. The molecule has 1 aromatic carbocycles. The summed E-state index contributed by atoms with van der Waals surface area (Å²) >= 11 is 0. The second-order valence-corrected chi connectivity index (χ2v) is 4.79. The fourth-order valence-electron chi connectivity index (χ4n) is 2.30. The summed E-state index contributed by atoms with van der Waals surface area (Å²) in [5, 5.41) is 11.5. The number of pyridine rings is 1. The highest BCUT2D eigenvalue weighted by Gasteiger charge is 2.11. The van der Waals surface area contributed by atoms with Gasteiger partial charge >= 0.3 is 0 Å². The molecule has 1 N–H and O–H groups in total. The minimum Gasteiger partial charge on any atom is -0.497 e. The van der Waals surface area contributed by atoms with E-state index in [-0.39, 0.29) is 6.61 Å². The molecule has 20 heavy (non-hydrogen) atoms. The maximum Gasteiger partial charge on any atom is 0.136 e. The maximum absolute atomic E-state index is 9.28. The summed E-state index contributed by atoms with van der Waals surface area (Å²) < 4.78 is 5.30. The van der Waals surface area contributed by atoms with Gasteiger partial charge in [0.2, 0.25) is 0 Å². The normalized spacial score (nSPS) is 10.8. The van der Waals surface area contributed by atoms with Crippen LogP contribution in [0.4, 0.5) is 5.82 Å². The number of unbranched alkanes of at least 4 members (excludes halogenated alkanes) is 1. The van der Waals surface area contributed by atoms with Crippen LogP contribution < -0.4 is 9.64 Å². The number of nitrogens with zero attached hydrogens (tertiary/aromatic N) is 2. The second kappa shape index (κ2) is 7.10.